The van der Waals surface area contributed by atoms with Gasteiger partial charge in [-0.2, -0.15) is 0 Å². The first kappa shape index (κ1) is 25.7. The topological polar surface area (TPSA) is 120 Å². The van der Waals surface area contributed by atoms with Crippen molar-refractivity contribution in [2.45, 2.75) is 70.5 Å². The Labute approximate surface area is 212 Å². The summed E-state index contributed by atoms with van der Waals surface area (Å²) in [7, 11) is 3.31. The van der Waals surface area contributed by atoms with Crippen molar-refractivity contribution in [3.8, 4) is 5.75 Å². The summed E-state index contributed by atoms with van der Waals surface area (Å²) < 4.78 is 5.50. The first-order chi connectivity index (χ1) is 17.2. The Kier molecular flexibility index (Phi) is 7.35. The van der Waals surface area contributed by atoms with Gasteiger partial charge in [0.15, 0.2) is 11.6 Å². The number of carbonyl (C=O) groups excluding carboxylic acids is 2. The van der Waals surface area contributed by atoms with Gasteiger partial charge in [0.25, 0.3) is 5.91 Å². The summed E-state index contributed by atoms with van der Waals surface area (Å²) in [6.45, 7) is 5.33. The number of rotatable bonds is 8. The molecule has 4 rings (SSSR count). The number of aliphatic hydroxyl groups excluding tert-OH is 1. The van der Waals surface area contributed by atoms with Crippen LogP contribution in [0.2, 0.25) is 0 Å². The summed E-state index contributed by atoms with van der Waals surface area (Å²) >= 11 is 0. The molecule has 1 aliphatic heterocycles. The maximum atomic E-state index is 13.1. The fraction of sp³-hybridized carbons (Fsp3) is 0.538. The smallest absolute Gasteiger partial charge is 0.253 e. The first-order valence-electron chi connectivity index (χ1n) is 12.5. The molecule has 2 aliphatic rings. The summed E-state index contributed by atoms with van der Waals surface area (Å²) in [4.78, 5) is 38.7. The van der Waals surface area contributed by atoms with Gasteiger partial charge >= 0.3 is 0 Å². The summed E-state index contributed by atoms with van der Waals surface area (Å²) in [5.74, 6) is 1.11. The number of nitrogens with one attached hydrogen (secondary N) is 2. The van der Waals surface area contributed by atoms with Crippen molar-refractivity contribution in [2.75, 3.05) is 35.9 Å². The predicted molar refractivity (Wildman–Crippen MR) is 139 cm³/mol. The number of aromatic nitrogens is 2. The van der Waals surface area contributed by atoms with E-state index in [4.69, 9.17) is 4.74 Å². The number of hydrogen-bond acceptors (Lipinski definition) is 8. The van der Waals surface area contributed by atoms with E-state index in [1.165, 1.54) is 26.1 Å². The average molecular weight is 497 g/mol. The Morgan fingerprint density at radius 1 is 1.19 bits per heavy atom. The van der Waals surface area contributed by atoms with Gasteiger partial charge in [0.1, 0.15) is 11.9 Å². The molecule has 0 aromatic carbocycles. The molecule has 2 aromatic heterocycles. The summed E-state index contributed by atoms with van der Waals surface area (Å²) in [5, 5.41) is 15.4. The Morgan fingerprint density at radius 2 is 1.92 bits per heavy atom. The number of ether oxygens (including phenoxy) is 1. The molecule has 10 heteroatoms. The van der Waals surface area contributed by atoms with Crippen LogP contribution >= 0.6 is 0 Å². The van der Waals surface area contributed by atoms with Crippen LogP contribution in [-0.2, 0) is 4.79 Å². The molecule has 1 fully saturated rings. The number of amides is 2. The van der Waals surface area contributed by atoms with Gasteiger partial charge in [-0.1, -0.05) is 19.8 Å². The van der Waals surface area contributed by atoms with E-state index in [2.05, 4.69) is 32.4 Å². The minimum Gasteiger partial charge on any atom is -0.493 e. The molecular formula is C26H36N6O4. The van der Waals surface area contributed by atoms with Crippen LogP contribution in [0, 0.1) is 0 Å². The molecule has 1 saturated carbocycles. The zero-order valence-electron chi connectivity index (χ0n) is 21.7. The highest BCUT2D eigenvalue weighted by Crippen LogP contribution is 2.42. The van der Waals surface area contributed by atoms with Crippen molar-refractivity contribution in [3.63, 3.8) is 0 Å². The molecule has 36 heavy (non-hydrogen) atoms. The van der Waals surface area contributed by atoms with Gasteiger partial charge in [0.2, 0.25) is 5.91 Å². The lowest BCUT2D eigenvalue weighted by Crippen LogP contribution is -2.55. The number of hydrogen-bond donors (Lipinski definition) is 3. The highest BCUT2D eigenvalue weighted by molar-refractivity contribution is 6.05. The maximum Gasteiger partial charge on any atom is 0.253 e. The van der Waals surface area contributed by atoms with E-state index in [1.807, 2.05) is 6.07 Å². The first-order valence-corrected chi connectivity index (χ1v) is 12.5. The molecule has 10 nitrogen and oxygen atoms in total. The molecule has 3 N–H and O–H groups in total. The molecule has 0 unspecified atom stereocenters. The normalized spacial score (nSPS) is 18.3. The monoisotopic (exact) mass is 496 g/mol. The van der Waals surface area contributed by atoms with Gasteiger partial charge < -0.3 is 30.3 Å². The molecule has 1 atom stereocenters. The highest BCUT2D eigenvalue weighted by atomic mass is 16.5. The Hall–Kier alpha value is -3.40. The van der Waals surface area contributed by atoms with E-state index in [0.717, 1.165) is 30.6 Å². The molecule has 1 aliphatic carbocycles. The standard InChI is InChI=1S/C26H36N6O4/c1-6-18-25(35)31(4)20-14-27-22(12-19(20)32(18)17-9-7-8-10-17)29-23-21(36-5)11-16(13-28-23)24(34)30-26(2,3)15-33/h11-14,17-18,33H,6-10,15H2,1-5H3,(H,30,34)(H,27,28,29)/t18-/m1/s1. The average Bonchev–Trinajstić information content (AvgIpc) is 3.40. The zero-order valence-corrected chi connectivity index (χ0v) is 21.7. The third-order valence-electron chi connectivity index (χ3n) is 6.99. The van der Waals surface area contributed by atoms with Crippen LogP contribution in [0.1, 0.15) is 63.2 Å². The second-order valence-electron chi connectivity index (χ2n) is 10.1. The van der Waals surface area contributed by atoms with Crippen LogP contribution in [0.5, 0.6) is 5.75 Å². The van der Waals surface area contributed by atoms with Gasteiger partial charge in [0, 0.05) is 25.4 Å². The number of pyridine rings is 2. The van der Waals surface area contributed by atoms with Gasteiger partial charge in [0.05, 0.1) is 42.4 Å². The van der Waals surface area contributed by atoms with E-state index in [9.17, 15) is 14.7 Å². The van der Waals surface area contributed by atoms with Crippen LogP contribution in [0.25, 0.3) is 0 Å². The predicted octanol–water partition coefficient (Wildman–Crippen LogP) is 3.23. The van der Waals surface area contributed by atoms with Crippen LogP contribution in [-0.4, -0.2) is 65.3 Å². The quantitative estimate of drug-likeness (QED) is 0.510. The second kappa shape index (κ2) is 10.3. The molecular weight excluding hydrogens is 460 g/mol. The fourth-order valence-electron chi connectivity index (χ4n) is 4.96. The number of carbonyl (C=O) groups is 2. The lowest BCUT2D eigenvalue weighted by atomic mass is 10.0. The fourth-order valence-corrected chi connectivity index (χ4v) is 4.96. The van der Waals surface area contributed by atoms with Crippen molar-refractivity contribution >= 4 is 34.8 Å². The third-order valence-corrected chi connectivity index (χ3v) is 6.99. The van der Waals surface area contributed by atoms with E-state index >= 15 is 0 Å². The number of likely N-dealkylation sites (N-methyl/N-ethyl adjacent to an activating group) is 1. The molecule has 2 amide bonds. The number of anilines is 4. The number of fused-ring (bicyclic) bond motifs is 1. The van der Waals surface area contributed by atoms with Crippen molar-refractivity contribution in [3.05, 3.63) is 30.1 Å². The van der Waals surface area contributed by atoms with E-state index in [-0.39, 0.29) is 24.5 Å². The Balaban J connectivity index is 1.64. The maximum absolute atomic E-state index is 13.1. The Morgan fingerprint density at radius 3 is 2.56 bits per heavy atom. The van der Waals surface area contributed by atoms with Crippen LogP contribution in [0.3, 0.4) is 0 Å². The van der Waals surface area contributed by atoms with Crippen LogP contribution in [0.4, 0.5) is 23.0 Å². The van der Waals surface area contributed by atoms with Gasteiger partial charge in [-0.25, -0.2) is 9.97 Å². The van der Waals surface area contributed by atoms with Crippen LogP contribution in [0.15, 0.2) is 24.5 Å². The summed E-state index contributed by atoms with van der Waals surface area (Å²) in [6, 6.07) is 3.69. The van der Waals surface area contributed by atoms with E-state index in [1.54, 1.807) is 38.1 Å². The van der Waals surface area contributed by atoms with Crippen molar-refractivity contribution in [2.24, 2.45) is 0 Å². The zero-order chi connectivity index (χ0) is 26.0. The highest BCUT2D eigenvalue weighted by Gasteiger charge is 2.40. The summed E-state index contributed by atoms with van der Waals surface area (Å²) in [5.41, 5.74) is 1.33. The van der Waals surface area contributed by atoms with E-state index in [0.29, 0.717) is 29.0 Å². The SMILES string of the molecule is CC[C@@H]1C(=O)N(C)c2cnc(Nc3ncc(C(=O)NC(C)(C)CO)cc3OC)cc2N1C1CCCC1. The van der Waals surface area contributed by atoms with Crippen molar-refractivity contribution < 1.29 is 19.4 Å². The number of methoxy groups -OCH3 is 1. The molecule has 0 spiro atoms. The van der Waals surface area contributed by atoms with Crippen molar-refractivity contribution in [1.82, 2.24) is 15.3 Å². The van der Waals surface area contributed by atoms with Gasteiger partial charge in [-0.05, 0) is 39.2 Å². The third kappa shape index (κ3) is 4.95. The molecule has 0 saturated heterocycles. The van der Waals surface area contributed by atoms with Gasteiger partial charge in [-0.15, -0.1) is 0 Å². The second-order valence-corrected chi connectivity index (χ2v) is 10.1. The molecule has 3 heterocycles. The van der Waals surface area contributed by atoms with Crippen molar-refractivity contribution in [1.29, 1.82) is 0 Å². The molecule has 0 radical (unpaired) electrons. The lowest BCUT2D eigenvalue weighted by Gasteiger charge is -2.44. The number of aliphatic hydroxyl groups is 1. The van der Waals surface area contributed by atoms with E-state index < -0.39 is 5.54 Å². The van der Waals surface area contributed by atoms with Crippen LogP contribution < -0.4 is 25.2 Å². The largest absolute Gasteiger partial charge is 0.493 e. The molecule has 2 aromatic rings. The Bertz CT molecular complexity index is 1130. The van der Waals surface area contributed by atoms with Gasteiger partial charge in [-0.3, -0.25) is 9.59 Å². The minimum absolute atomic E-state index is 0.0981. The minimum atomic E-state index is -0.760. The number of nitrogens with zero attached hydrogens (tertiary/aromatic N) is 4. The summed E-state index contributed by atoms with van der Waals surface area (Å²) in [6.07, 6.45) is 8.39. The lowest BCUT2D eigenvalue weighted by molar-refractivity contribution is -0.120. The molecule has 0 bridgehead atoms. The molecule has 194 valence electrons.